The van der Waals surface area contributed by atoms with Crippen LogP contribution in [0.15, 0.2) is 0 Å². The van der Waals surface area contributed by atoms with Gasteiger partial charge in [0, 0.05) is 18.5 Å². The zero-order valence-corrected chi connectivity index (χ0v) is 13.2. The van der Waals surface area contributed by atoms with E-state index in [1.807, 2.05) is 0 Å². The molecule has 1 amide bonds. The molecule has 118 valence electrons. The molecule has 0 radical (unpaired) electrons. The van der Waals surface area contributed by atoms with Crippen LogP contribution in [0.5, 0.6) is 0 Å². The third-order valence-electron chi connectivity index (χ3n) is 4.12. The van der Waals surface area contributed by atoms with E-state index in [0.29, 0.717) is 25.3 Å². The van der Waals surface area contributed by atoms with Crippen LogP contribution in [0.3, 0.4) is 0 Å². The van der Waals surface area contributed by atoms with Crippen molar-refractivity contribution in [2.24, 2.45) is 11.7 Å². The number of carbonyl (C=O) groups is 1. The predicted octanol–water partition coefficient (Wildman–Crippen LogP) is 2.61. The number of nitrogens with one attached hydrogen (secondary N) is 1. The summed E-state index contributed by atoms with van der Waals surface area (Å²) in [5, 5.41) is 3.01. The Labute approximate surface area is 123 Å². The molecule has 0 saturated heterocycles. The fraction of sp³-hybridized carbons (Fsp3) is 0.938. The number of hydrogen-bond acceptors (Lipinski definition) is 3. The first-order chi connectivity index (χ1) is 9.67. The molecule has 1 fully saturated rings. The van der Waals surface area contributed by atoms with Gasteiger partial charge in [0.25, 0.3) is 0 Å². The van der Waals surface area contributed by atoms with E-state index in [4.69, 9.17) is 10.5 Å². The fourth-order valence-electron chi connectivity index (χ4n) is 2.90. The van der Waals surface area contributed by atoms with Crippen LogP contribution in [-0.2, 0) is 9.53 Å². The highest BCUT2D eigenvalue weighted by atomic mass is 16.5. The third kappa shape index (κ3) is 6.71. The second-order valence-corrected chi connectivity index (χ2v) is 5.97. The van der Waals surface area contributed by atoms with E-state index in [1.54, 1.807) is 0 Å². The van der Waals surface area contributed by atoms with Crippen LogP contribution >= 0.6 is 0 Å². The van der Waals surface area contributed by atoms with Gasteiger partial charge in [0.2, 0.25) is 5.91 Å². The Morgan fingerprint density at radius 2 is 1.80 bits per heavy atom. The molecular weight excluding hydrogens is 252 g/mol. The van der Waals surface area contributed by atoms with E-state index in [1.165, 1.54) is 0 Å². The summed E-state index contributed by atoms with van der Waals surface area (Å²) in [7, 11) is 0. The van der Waals surface area contributed by atoms with Crippen molar-refractivity contribution in [2.75, 3.05) is 13.2 Å². The topological polar surface area (TPSA) is 64.3 Å². The third-order valence-corrected chi connectivity index (χ3v) is 4.12. The lowest BCUT2D eigenvalue weighted by Gasteiger charge is -2.26. The van der Waals surface area contributed by atoms with Gasteiger partial charge in [-0.1, -0.05) is 26.7 Å². The number of ether oxygens (including phenoxy) is 1. The minimum absolute atomic E-state index is 0.178. The van der Waals surface area contributed by atoms with Crippen LogP contribution in [0.25, 0.3) is 0 Å². The molecule has 0 aromatic heterocycles. The number of carbonyl (C=O) groups excluding carboxylic acids is 1. The van der Waals surface area contributed by atoms with Crippen molar-refractivity contribution in [1.29, 1.82) is 0 Å². The normalized spacial score (nSPS) is 23.0. The minimum Gasteiger partial charge on any atom is -0.376 e. The van der Waals surface area contributed by atoms with Gasteiger partial charge in [-0.15, -0.1) is 0 Å². The van der Waals surface area contributed by atoms with Crippen molar-refractivity contribution in [2.45, 2.75) is 77.4 Å². The van der Waals surface area contributed by atoms with Crippen molar-refractivity contribution in [3.05, 3.63) is 0 Å². The van der Waals surface area contributed by atoms with Crippen molar-refractivity contribution < 1.29 is 9.53 Å². The molecule has 1 rings (SSSR count). The van der Waals surface area contributed by atoms with E-state index in [-0.39, 0.29) is 11.8 Å². The Kier molecular flexibility index (Phi) is 8.86. The molecule has 1 aliphatic carbocycles. The fourth-order valence-corrected chi connectivity index (χ4v) is 2.90. The molecule has 0 spiro atoms. The van der Waals surface area contributed by atoms with E-state index in [0.717, 1.165) is 51.4 Å². The minimum atomic E-state index is 0.178. The van der Waals surface area contributed by atoms with Gasteiger partial charge in [0.1, 0.15) is 0 Å². The number of nitrogens with two attached hydrogens (primary N) is 1. The Morgan fingerprint density at radius 3 is 2.35 bits per heavy atom. The Bertz CT molecular complexity index is 257. The molecule has 4 nitrogen and oxygen atoms in total. The first-order valence-corrected chi connectivity index (χ1v) is 8.32. The van der Waals surface area contributed by atoms with Gasteiger partial charge in [-0.25, -0.2) is 0 Å². The molecule has 0 aliphatic heterocycles. The van der Waals surface area contributed by atoms with Crippen molar-refractivity contribution in [3.63, 3.8) is 0 Å². The molecule has 0 aromatic rings. The highest BCUT2D eigenvalue weighted by Crippen LogP contribution is 2.19. The lowest BCUT2D eigenvalue weighted by molar-refractivity contribution is -0.125. The lowest BCUT2D eigenvalue weighted by atomic mass is 9.94. The number of hydrogen-bond donors (Lipinski definition) is 2. The molecule has 0 aromatic carbocycles. The Morgan fingerprint density at radius 1 is 1.20 bits per heavy atom. The van der Waals surface area contributed by atoms with Crippen LogP contribution in [0.1, 0.15) is 65.2 Å². The van der Waals surface area contributed by atoms with Crippen LogP contribution in [0.4, 0.5) is 0 Å². The van der Waals surface area contributed by atoms with Gasteiger partial charge in [0.15, 0.2) is 0 Å². The molecule has 0 heterocycles. The summed E-state index contributed by atoms with van der Waals surface area (Å²) in [4.78, 5) is 12.0. The first kappa shape index (κ1) is 17.4. The van der Waals surface area contributed by atoms with Crippen LogP contribution in [-0.4, -0.2) is 31.2 Å². The average molecular weight is 284 g/mol. The van der Waals surface area contributed by atoms with Gasteiger partial charge in [-0.2, -0.15) is 0 Å². The summed E-state index contributed by atoms with van der Waals surface area (Å²) in [5.41, 5.74) is 5.87. The monoisotopic (exact) mass is 284 g/mol. The zero-order valence-electron chi connectivity index (χ0n) is 13.2. The maximum Gasteiger partial charge on any atom is 0.223 e. The van der Waals surface area contributed by atoms with Crippen molar-refractivity contribution in [1.82, 2.24) is 5.32 Å². The summed E-state index contributed by atoms with van der Waals surface area (Å²) in [6.45, 7) is 5.52. The highest BCUT2D eigenvalue weighted by molar-refractivity contribution is 5.78. The van der Waals surface area contributed by atoms with Gasteiger partial charge in [-0.05, 0) is 38.5 Å². The van der Waals surface area contributed by atoms with E-state index in [9.17, 15) is 4.79 Å². The Balaban J connectivity index is 2.11. The quantitative estimate of drug-likeness (QED) is 0.640. The van der Waals surface area contributed by atoms with Crippen LogP contribution < -0.4 is 11.1 Å². The molecule has 0 bridgehead atoms. The van der Waals surface area contributed by atoms with E-state index in [2.05, 4.69) is 19.2 Å². The molecule has 20 heavy (non-hydrogen) atoms. The summed E-state index contributed by atoms with van der Waals surface area (Å²) < 4.78 is 5.81. The Hall–Kier alpha value is -0.610. The van der Waals surface area contributed by atoms with Crippen molar-refractivity contribution in [3.8, 4) is 0 Å². The van der Waals surface area contributed by atoms with Gasteiger partial charge < -0.3 is 15.8 Å². The second-order valence-electron chi connectivity index (χ2n) is 5.97. The standard InChI is InChI=1S/C16H32N2O2/c1-3-5-13(6-4-2)16(19)18-11-12-20-15-9-7-14(17)8-10-15/h13-15H,3-12,17H2,1-2H3,(H,18,19). The summed E-state index contributed by atoms with van der Waals surface area (Å²) in [6.07, 6.45) is 8.69. The number of rotatable bonds is 9. The maximum absolute atomic E-state index is 12.0. The average Bonchev–Trinajstić information content (AvgIpc) is 2.45. The molecule has 4 heteroatoms. The molecule has 1 aliphatic rings. The van der Waals surface area contributed by atoms with E-state index < -0.39 is 0 Å². The van der Waals surface area contributed by atoms with Crippen LogP contribution in [0, 0.1) is 5.92 Å². The van der Waals surface area contributed by atoms with Crippen LogP contribution in [0.2, 0.25) is 0 Å². The van der Waals surface area contributed by atoms with Gasteiger partial charge >= 0.3 is 0 Å². The highest BCUT2D eigenvalue weighted by Gasteiger charge is 2.19. The first-order valence-electron chi connectivity index (χ1n) is 8.32. The van der Waals surface area contributed by atoms with Crippen molar-refractivity contribution >= 4 is 5.91 Å². The molecular formula is C16H32N2O2. The van der Waals surface area contributed by atoms with Gasteiger partial charge in [0.05, 0.1) is 12.7 Å². The molecule has 0 atom stereocenters. The second kappa shape index (κ2) is 10.2. The van der Waals surface area contributed by atoms with E-state index >= 15 is 0 Å². The largest absolute Gasteiger partial charge is 0.376 e. The summed E-state index contributed by atoms with van der Waals surface area (Å²) in [6, 6.07) is 0.360. The summed E-state index contributed by atoms with van der Waals surface area (Å²) >= 11 is 0. The van der Waals surface area contributed by atoms with Gasteiger partial charge in [-0.3, -0.25) is 4.79 Å². The molecule has 1 saturated carbocycles. The lowest BCUT2D eigenvalue weighted by Crippen LogP contribution is -2.35. The SMILES string of the molecule is CCCC(CCC)C(=O)NCCOC1CCC(N)CC1. The zero-order chi connectivity index (χ0) is 14.8. The molecule has 0 unspecified atom stereocenters. The smallest absolute Gasteiger partial charge is 0.223 e. The number of amides is 1. The maximum atomic E-state index is 12.0. The molecule has 3 N–H and O–H groups in total. The summed E-state index contributed by atoms with van der Waals surface area (Å²) in [5.74, 6) is 0.376. The predicted molar refractivity (Wildman–Crippen MR) is 82.5 cm³/mol.